The van der Waals surface area contributed by atoms with Gasteiger partial charge in [-0.3, -0.25) is 5.10 Å². The fraction of sp³-hybridized carbons (Fsp3) is 0.417. The highest BCUT2D eigenvalue weighted by atomic mass is 16.5. The summed E-state index contributed by atoms with van der Waals surface area (Å²) >= 11 is 0. The maximum absolute atomic E-state index is 11.8. The second-order valence-corrected chi connectivity index (χ2v) is 3.86. The van der Waals surface area contributed by atoms with Crippen molar-refractivity contribution in [3.05, 3.63) is 23.8 Å². The Kier molecular flexibility index (Phi) is 4.17. The van der Waals surface area contributed by atoms with Crippen LogP contribution in [0, 0.1) is 0 Å². The van der Waals surface area contributed by atoms with Gasteiger partial charge in [0.25, 0.3) is 0 Å². The number of nitrogens with zero attached hydrogens (tertiary/aromatic N) is 4. The summed E-state index contributed by atoms with van der Waals surface area (Å²) in [7, 11) is 0. The van der Waals surface area contributed by atoms with E-state index in [0.717, 1.165) is 6.42 Å². The Morgan fingerprint density at radius 3 is 2.84 bits per heavy atom. The summed E-state index contributed by atoms with van der Waals surface area (Å²) in [6.45, 7) is 4.11. The molecule has 0 saturated carbocycles. The number of carbonyl (C=O) groups excluding carboxylic acids is 1. The van der Waals surface area contributed by atoms with Gasteiger partial charge >= 0.3 is 5.97 Å². The van der Waals surface area contributed by atoms with Crippen molar-refractivity contribution in [3.63, 3.8) is 0 Å². The van der Waals surface area contributed by atoms with Gasteiger partial charge < -0.3 is 4.74 Å². The first-order chi connectivity index (χ1) is 9.26. The minimum atomic E-state index is -0.393. The third-order valence-electron chi connectivity index (χ3n) is 2.48. The van der Waals surface area contributed by atoms with Crippen molar-refractivity contribution in [2.45, 2.75) is 26.7 Å². The number of H-pyrrole nitrogens is 1. The van der Waals surface area contributed by atoms with Gasteiger partial charge in [-0.15, -0.1) is 0 Å². The normalized spacial score (nSPS) is 10.4. The van der Waals surface area contributed by atoms with Crippen LogP contribution >= 0.6 is 0 Å². The Bertz CT molecular complexity index is 553. The zero-order valence-electron chi connectivity index (χ0n) is 10.9. The van der Waals surface area contributed by atoms with Gasteiger partial charge in [0.15, 0.2) is 11.6 Å². The third kappa shape index (κ3) is 2.93. The number of rotatable bonds is 5. The van der Waals surface area contributed by atoms with Crippen LogP contribution in [0.4, 0.5) is 0 Å². The second-order valence-electron chi connectivity index (χ2n) is 3.86. The van der Waals surface area contributed by atoms with Crippen molar-refractivity contribution in [1.82, 2.24) is 25.1 Å². The molecule has 0 radical (unpaired) electrons. The minimum Gasteiger partial charge on any atom is -0.462 e. The summed E-state index contributed by atoms with van der Waals surface area (Å²) in [5.41, 5.74) is 1.08. The molecule has 2 rings (SSSR count). The fourth-order valence-electron chi connectivity index (χ4n) is 1.65. The first-order valence-electron chi connectivity index (χ1n) is 6.15. The molecule has 0 aromatic carbocycles. The van der Waals surface area contributed by atoms with Crippen molar-refractivity contribution in [2.75, 3.05) is 6.61 Å². The molecule has 0 unspecified atom stereocenters. The van der Waals surface area contributed by atoms with Crippen LogP contribution in [0.25, 0.3) is 11.6 Å². The number of nitrogens with one attached hydrogen (secondary N) is 1. The number of esters is 1. The van der Waals surface area contributed by atoms with E-state index < -0.39 is 5.97 Å². The molecule has 2 aromatic heterocycles. The number of aromatic nitrogens is 5. The third-order valence-corrected chi connectivity index (χ3v) is 2.48. The molecule has 0 spiro atoms. The van der Waals surface area contributed by atoms with Crippen LogP contribution in [0.3, 0.4) is 0 Å². The average Bonchev–Trinajstić information content (AvgIpc) is 2.93. The average molecular weight is 261 g/mol. The standard InChI is InChI=1S/C12H15N5O2/c1-3-5-9-8(12(18)19-4-2)6-13-10(16-9)11-14-7-15-17-11/h6-7H,3-5H2,1-2H3,(H,14,15,17). The monoisotopic (exact) mass is 261 g/mol. The first kappa shape index (κ1) is 13.1. The molecule has 0 atom stereocenters. The molecule has 1 N–H and O–H groups in total. The summed E-state index contributed by atoms with van der Waals surface area (Å²) in [4.78, 5) is 24.3. The Labute approximate surface area is 110 Å². The number of hydrogen-bond donors (Lipinski definition) is 1. The molecule has 0 bridgehead atoms. The Hall–Kier alpha value is -2.31. The van der Waals surface area contributed by atoms with Gasteiger partial charge in [0, 0.05) is 6.20 Å². The van der Waals surface area contributed by atoms with Gasteiger partial charge in [0.2, 0.25) is 0 Å². The molecular formula is C12H15N5O2. The van der Waals surface area contributed by atoms with Gasteiger partial charge in [-0.05, 0) is 13.3 Å². The van der Waals surface area contributed by atoms with Gasteiger partial charge in [0.05, 0.1) is 17.9 Å². The molecular weight excluding hydrogens is 246 g/mol. The van der Waals surface area contributed by atoms with Crippen molar-refractivity contribution in [2.24, 2.45) is 0 Å². The van der Waals surface area contributed by atoms with Gasteiger partial charge in [-0.2, -0.15) is 5.10 Å². The van der Waals surface area contributed by atoms with Crippen LogP contribution in [-0.2, 0) is 11.2 Å². The van der Waals surface area contributed by atoms with E-state index in [0.29, 0.717) is 35.9 Å². The zero-order chi connectivity index (χ0) is 13.7. The maximum Gasteiger partial charge on any atom is 0.341 e. The maximum atomic E-state index is 11.8. The Balaban J connectivity index is 2.37. The number of carbonyl (C=O) groups is 1. The SMILES string of the molecule is CCCc1nc(-c2ncn[nH]2)ncc1C(=O)OCC. The number of aromatic amines is 1. The van der Waals surface area contributed by atoms with E-state index in [1.807, 2.05) is 6.92 Å². The lowest BCUT2D eigenvalue weighted by molar-refractivity contribution is 0.0524. The van der Waals surface area contributed by atoms with Crippen LogP contribution in [-0.4, -0.2) is 37.7 Å². The number of aryl methyl sites for hydroxylation is 1. The summed E-state index contributed by atoms with van der Waals surface area (Å²) in [6.07, 6.45) is 4.42. The lowest BCUT2D eigenvalue weighted by Crippen LogP contribution is -2.11. The van der Waals surface area contributed by atoms with Crippen LogP contribution in [0.5, 0.6) is 0 Å². The Morgan fingerprint density at radius 1 is 1.37 bits per heavy atom. The van der Waals surface area contributed by atoms with Crippen LogP contribution in [0.15, 0.2) is 12.5 Å². The van der Waals surface area contributed by atoms with Crippen molar-refractivity contribution in [3.8, 4) is 11.6 Å². The van der Waals surface area contributed by atoms with E-state index in [1.165, 1.54) is 12.5 Å². The summed E-state index contributed by atoms with van der Waals surface area (Å²) in [5.74, 6) is 0.511. The lowest BCUT2D eigenvalue weighted by Gasteiger charge is -2.07. The molecule has 0 aliphatic carbocycles. The minimum absolute atomic E-state index is 0.328. The van der Waals surface area contributed by atoms with E-state index in [1.54, 1.807) is 6.92 Å². The van der Waals surface area contributed by atoms with Gasteiger partial charge in [-0.1, -0.05) is 13.3 Å². The zero-order valence-corrected chi connectivity index (χ0v) is 10.9. The summed E-state index contributed by atoms with van der Waals surface area (Å²) < 4.78 is 4.99. The van der Waals surface area contributed by atoms with Gasteiger partial charge in [0.1, 0.15) is 6.33 Å². The molecule has 0 aliphatic heterocycles. The van der Waals surface area contributed by atoms with E-state index in [2.05, 4.69) is 25.1 Å². The summed E-state index contributed by atoms with van der Waals surface area (Å²) in [5, 5.41) is 6.45. The molecule has 7 nitrogen and oxygen atoms in total. The highest BCUT2D eigenvalue weighted by Gasteiger charge is 2.16. The second kappa shape index (κ2) is 6.03. The van der Waals surface area contributed by atoms with E-state index in [-0.39, 0.29) is 0 Å². The van der Waals surface area contributed by atoms with Crippen molar-refractivity contribution < 1.29 is 9.53 Å². The largest absolute Gasteiger partial charge is 0.462 e. The number of hydrogen-bond acceptors (Lipinski definition) is 6. The van der Waals surface area contributed by atoms with E-state index in [9.17, 15) is 4.79 Å². The molecule has 19 heavy (non-hydrogen) atoms. The molecule has 0 amide bonds. The van der Waals surface area contributed by atoms with E-state index in [4.69, 9.17) is 4.74 Å². The summed E-state index contributed by atoms with van der Waals surface area (Å²) in [6, 6.07) is 0. The molecule has 0 fully saturated rings. The lowest BCUT2D eigenvalue weighted by atomic mass is 10.1. The van der Waals surface area contributed by atoms with Crippen LogP contribution < -0.4 is 0 Å². The molecule has 0 saturated heterocycles. The molecule has 2 heterocycles. The molecule has 100 valence electrons. The first-order valence-corrected chi connectivity index (χ1v) is 6.15. The predicted octanol–water partition coefficient (Wildman–Crippen LogP) is 1.39. The number of ether oxygens (including phenoxy) is 1. The predicted molar refractivity (Wildman–Crippen MR) is 67.4 cm³/mol. The van der Waals surface area contributed by atoms with Crippen LogP contribution in [0.1, 0.15) is 36.3 Å². The highest BCUT2D eigenvalue weighted by molar-refractivity contribution is 5.90. The van der Waals surface area contributed by atoms with E-state index >= 15 is 0 Å². The van der Waals surface area contributed by atoms with Crippen molar-refractivity contribution in [1.29, 1.82) is 0 Å². The fourth-order valence-corrected chi connectivity index (χ4v) is 1.65. The van der Waals surface area contributed by atoms with Crippen LogP contribution in [0.2, 0.25) is 0 Å². The topological polar surface area (TPSA) is 93.6 Å². The quantitative estimate of drug-likeness (QED) is 0.817. The highest BCUT2D eigenvalue weighted by Crippen LogP contribution is 2.14. The molecule has 7 heteroatoms. The molecule has 0 aliphatic rings. The Morgan fingerprint density at radius 2 is 2.21 bits per heavy atom. The van der Waals surface area contributed by atoms with Crippen molar-refractivity contribution >= 4 is 5.97 Å². The van der Waals surface area contributed by atoms with Gasteiger partial charge in [-0.25, -0.2) is 19.7 Å². The molecule has 2 aromatic rings. The smallest absolute Gasteiger partial charge is 0.341 e.